The van der Waals surface area contributed by atoms with E-state index in [0.717, 1.165) is 28.7 Å². The molecule has 4 aromatic rings. The van der Waals surface area contributed by atoms with E-state index < -0.39 is 0 Å². The summed E-state index contributed by atoms with van der Waals surface area (Å²) in [5.41, 5.74) is 4.36. The third-order valence-corrected chi connectivity index (χ3v) is 7.86. The molecule has 1 aliphatic heterocycles. The lowest BCUT2D eigenvalue weighted by atomic mass is 9.81. The molecular formula is C34H35BO5. The van der Waals surface area contributed by atoms with Crippen molar-refractivity contribution in [2.45, 2.75) is 36.7 Å². The van der Waals surface area contributed by atoms with Crippen LogP contribution >= 0.6 is 0 Å². The second kappa shape index (κ2) is 12.9. The van der Waals surface area contributed by atoms with Crippen molar-refractivity contribution in [2.75, 3.05) is 19.8 Å². The van der Waals surface area contributed by atoms with Crippen LogP contribution in [0.1, 0.15) is 40.9 Å². The number of aliphatic hydroxyl groups excluding tert-OH is 1. The fraction of sp³-hybridized carbons (Fsp3) is 0.294. The summed E-state index contributed by atoms with van der Waals surface area (Å²) in [6.07, 6.45) is -0.132. The largest absolute Gasteiger partial charge is 0.461 e. The fourth-order valence-corrected chi connectivity index (χ4v) is 5.52. The van der Waals surface area contributed by atoms with Gasteiger partial charge in [0.05, 0.1) is 25.4 Å². The van der Waals surface area contributed by atoms with E-state index in [9.17, 15) is 5.11 Å². The Kier molecular flexibility index (Phi) is 8.72. The molecule has 204 valence electrons. The van der Waals surface area contributed by atoms with Crippen LogP contribution in [0.4, 0.5) is 0 Å². The fourth-order valence-electron chi connectivity index (χ4n) is 5.52. The van der Waals surface area contributed by atoms with Crippen molar-refractivity contribution in [2.24, 2.45) is 5.92 Å². The molecule has 0 aromatic heterocycles. The number of ether oxygens (including phenoxy) is 2. The van der Waals surface area contributed by atoms with Crippen LogP contribution in [-0.2, 0) is 18.8 Å². The molecule has 2 aliphatic rings. The quantitative estimate of drug-likeness (QED) is 0.218. The predicted molar refractivity (Wildman–Crippen MR) is 156 cm³/mol. The standard InChI is InChI=1S/C34H35BO5/c36-22-29-21-30(29)35-39-31(23-37-33(25-13-5-1-6-14-25)26-15-7-2-8-16-26)32(40-35)24-38-34(27-17-9-3-10-18-27)28-19-11-4-12-20-28/h1-20,29-34,36H,21-24H2/t29-,30+,31+,32+/m0/s1. The number of benzene rings is 4. The third-order valence-electron chi connectivity index (χ3n) is 7.86. The van der Waals surface area contributed by atoms with Gasteiger partial charge in [-0.15, -0.1) is 0 Å². The normalized spacial score (nSPS) is 22.2. The highest BCUT2D eigenvalue weighted by molar-refractivity contribution is 6.48. The molecule has 4 atom stereocenters. The molecule has 2 fully saturated rings. The smallest absolute Gasteiger partial charge is 0.403 e. The first kappa shape index (κ1) is 26.9. The zero-order valence-corrected chi connectivity index (χ0v) is 22.5. The van der Waals surface area contributed by atoms with Crippen molar-refractivity contribution < 1.29 is 23.9 Å². The van der Waals surface area contributed by atoms with E-state index in [1.165, 1.54) is 0 Å². The highest BCUT2D eigenvalue weighted by Gasteiger charge is 2.54. The molecule has 0 radical (unpaired) electrons. The molecule has 6 heteroatoms. The monoisotopic (exact) mass is 534 g/mol. The average Bonchev–Trinajstić information content (AvgIpc) is 3.71. The Bertz CT molecular complexity index is 1130. The van der Waals surface area contributed by atoms with Crippen LogP contribution in [0.5, 0.6) is 0 Å². The van der Waals surface area contributed by atoms with E-state index in [-0.39, 0.29) is 49.9 Å². The molecule has 4 aromatic carbocycles. The minimum absolute atomic E-state index is 0.157. The third kappa shape index (κ3) is 6.38. The van der Waals surface area contributed by atoms with E-state index in [4.69, 9.17) is 18.8 Å². The van der Waals surface area contributed by atoms with Crippen LogP contribution in [-0.4, -0.2) is 44.3 Å². The van der Waals surface area contributed by atoms with Crippen molar-refractivity contribution in [3.8, 4) is 0 Å². The van der Waals surface area contributed by atoms with Crippen LogP contribution < -0.4 is 0 Å². The van der Waals surface area contributed by atoms with Gasteiger partial charge in [0.25, 0.3) is 0 Å². The molecule has 0 spiro atoms. The van der Waals surface area contributed by atoms with Gasteiger partial charge in [-0.1, -0.05) is 121 Å². The van der Waals surface area contributed by atoms with E-state index in [1.54, 1.807) is 0 Å². The molecule has 0 amide bonds. The van der Waals surface area contributed by atoms with E-state index in [1.807, 2.05) is 72.8 Å². The van der Waals surface area contributed by atoms with Crippen molar-refractivity contribution in [3.63, 3.8) is 0 Å². The minimum atomic E-state index is -0.363. The van der Waals surface area contributed by atoms with Crippen molar-refractivity contribution in [3.05, 3.63) is 144 Å². The highest BCUT2D eigenvalue weighted by atomic mass is 16.7. The molecule has 1 saturated carbocycles. The van der Waals surface area contributed by atoms with Gasteiger partial charge in [-0.05, 0) is 40.4 Å². The van der Waals surface area contributed by atoms with Crippen molar-refractivity contribution in [1.29, 1.82) is 0 Å². The molecule has 1 N–H and O–H groups in total. The molecule has 1 aliphatic carbocycles. The maximum atomic E-state index is 9.66. The SMILES string of the molecule is OC[C@@H]1C[C@H]1B1O[C@H](COC(c2ccccc2)c2ccccc2)[C@@H](COC(c2ccccc2)c2ccccc2)O1. The topological polar surface area (TPSA) is 57.2 Å². The Morgan fingerprint density at radius 3 is 1.25 bits per heavy atom. The van der Waals surface area contributed by atoms with Crippen molar-refractivity contribution >= 4 is 7.12 Å². The van der Waals surface area contributed by atoms with Crippen molar-refractivity contribution in [1.82, 2.24) is 0 Å². The Morgan fingerprint density at radius 2 is 0.950 bits per heavy atom. The van der Waals surface area contributed by atoms with Gasteiger partial charge in [-0.3, -0.25) is 0 Å². The van der Waals surface area contributed by atoms with Gasteiger partial charge in [-0.2, -0.15) is 0 Å². The van der Waals surface area contributed by atoms with E-state index in [2.05, 4.69) is 48.5 Å². The summed E-state index contributed by atoms with van der Waals surface area (Å²) in [6.45, 7) is 0.873. The first-order chi connectivity index (χ1) is 19.8. The van der Waals surface area contributed by atoms with Gasteiger partial charge < -0.3 is 23.9 Å². The van der Waals surface area contributed by atoms with Gasteiger partial charge in [0, 0.05) is 6.61 Å². The maximum absolute atomic E-state index is 9.66. The summed E-state index contributed by atoms with van der Waals surface area (Å²) >= 11 is 0. The van der Waals surface area contributed by atoms with Crippen LogP contribution in [0, 0.1) is 5.92 Å². The lowest BCUT2D eigenvalue weighted by Crippen LogP contribution is -2.33. The summed E-state index contributed by atoms with van der Waals surface area (Å²) < 4.78 is 26.1. The maximum Gasteiger partial charge on any atom is 0.461 e. The molecule has 40 heavy (non-hydrogen) atoms. The van der Waals surface area contributed by atoms with Gasteiger partial charge in [-0.25, -0.2) is 0 Å². The molecule has 0 bridgehead atoms. The number of hydrogen-bond acceptors (Lipinski definition) is 5. The average molecular weight is 534 g/mol. The molecule has 5 nitrogen and oxygen atoms in total. The van der Waals surface area contributed by atoms with E-state index >= 15 is 0 Å². The lowest BCUT2D eigenvalue weighted by Gasteiger charge is -2.25. The predicted octanol–water partition coefficient (Wildman–Crippen LogP) is 6.25. The Morgan fingerprint density at radius 1 is 0.600 bits per heavy atom. The molecule has 1 heterocycles. The summed E-state index contributed by atoms with van der Waals surface area (Å²) in [5, 5.41) is 9.66. The summed E-state index contributed by atoms with van der Waals surface area (Å²) in [4.78, 5) is 0. The van der Waals surface area contributed by atoms with Gasteiger partial charge in [0.2, 0.25) is 0 Å². The summed E-state index contributed by atoms with van der Waals surface area (Å²) in [6, 6.07) is 41.1. The summed E-state index contributed by atoms with van der Waals surface area (Å²) in [7, 11) is -0.363. The second-order valence-electron chi connectivity index (χ2n) is 10.6. The number of aliphatic hydroxyl groups is 1. The Hall–Kier alpha value is -3.26. The van der Waals surface area contributed by atoms with Crippen LogP contribution in [0.2, 0.25) is 5.82 Å². The summed E-state index contributed by atoms with van der Waals surface area (Å²) in [5.74, 6) is 0.435. The Balaban J connectivity index is 1.20. The van der Waals surface area contributed by atoms with Gasteiger partial charge >= 0.3 is 7.12 Å². The molecule has 0 unspecified atom stereocenters. The first-order valence-electron chi connectivity index (χ1n) is 14.1. The lowest BCUT2D eigenvalue weighted by molar-refractivity contribution is -0.0321. The zero-order chi connectivity index (χ0) is 27.1. The van der Waals surface area contributed by atoms with Gasteiger partial charge in [0.15, 0.2) is 0 Å². The van der Waals surface area contributed by atoms with Crippen LogP contribution in [0.25, 0.3) is 0 Å². The van der Waals surface area contributed by atoms with Crippen LogP contribution in [0.15, 0.2) is 121 Å². The van der Waals surface area contributed by atoms with E-state index in [0.29, 0.717) is 13.2 Å². The first-order valence-corrected chi connectivity index (χ1v) is 14.1. The Labute approximate surface area is 236 Å². The number of hydrogen-bond donors (Lipinski definition) is 1. The van der Waals surface area contributed by atoms with Gasteiger partial charge in [0.1, 0.15) is 12.2 Å². The zero-order valence-electron chi connectivity index (χ0n) is 22.5. The second-order valence-corrected chi connectivity index (χ2v) is 10.6. The molecule has 6 rings (SSSR count). The molecule has 1 saturated heterocycles. The number of rotatable bonds is 12. The highest BCUT2D eigenvalue weighted by Crippen LogP contribution is 2.49. The van der Waals surface area contributed by atoms with Crippen LogP contribution in [0.3, 0.4) is 0 Å². The minimum Gasteiger partial charge on any atom is -0.403 e. The molecular weight excluding hydrogens is 499 g/mol.